The van der Waals surface area contributed by atoms with Crippen LogP contribution in [-0.2, 0) is 0 Å². The molecule has 1 aliphatic heterocycles. The molecule has 0 amide bonds. The third-order valence-corrected chi connectivity index (χ3v) is 5.16. The lowest BCUT2D eigenvalue weighted by molar-refractivity contribution is 0.243. The minimum Gasteiger partial charge on any atom is -0.340 e. The van der Waals surface area contributed by atoms with Crippen molar-refractivity contribution in [1.82, 2.24) is 14.5 Å². The molecule has 0 saturated carbocycles. The van der Waals surface area contributed by atoms with Crippen molar-refractivity contribution in [2.75, 3.05) is 18.0 Å². The summed E-state index contributed by atoms with van der Waals surface area (Å²) in [5.74, 6) is 0.775. The normalized spacial score (nSPS) is 21.2. The zero-order valence-corrected chi connectivity index (χ0v) is 15.1. The van der Waals surface area contributed by atoms with Gasteiger partial charge in [0.2, 0.25) is 5.95 Å². The molecule has 0 bridgehead atoms. The second kappa shape index (κ2) is 6.97. The molecule has 1 aliphatic rings. The molecule has 0 radical (unpaired) electrons. The Hall–Kier alpha value is -2.98. The van der Waals surface area contributed by atoms with Gasteiger partial charge in [-0.25, -0.2) is 9.37 Å². The summed E-state index contributed by atoms with van der Waals surface area (Å²) in [7, 11) is 0. The molecule has 138 valence electrons. The third-order valence-electron chi connectivity index (χ3n) is 5.16. The molecule has 2 N–H and O–H groups in total. The van der Waals surface area contributed by atoms with E-state index >= 15 is 0 Å². The number of imidazole rings is 1. The highest BCUT2D eigenvalue weighted by atomic mass is 19.1. The highest BCUT2D eigenvalue weighted by Gasteiger charge is 2.30. The second-order valence-corrected chi connectivity index (χ2v) is 6.94. The number of fused-ring (bicyclic) bond motifs is 1. The lowest BCUT2D eigenvalue weighted by atomic mass is 10.1. The number of hydrogen-bond acceptors (Lipinski definition) is 5. The Morgan fingerprint density at radius 3 is 2.81 bits per heavy atom. The largest absolute Gasteiger partial charge is 0.340 e. The summed E-state index contributed by atoms with van der Waals surface area (Å²) in [5, 5.41) is 9.00. The Kier molecular flexibility index (Phi) is 4.50. The highest BCUT2D eigenvalue weighted by molar-refractivity contribution is 5.79. The van der Waals surface area contributed by atoms with Crippen LogP contribution in [0.5, 0.6) is 0 Å². The van der Waals surface area contributed by atoms with E-state index in [2.05, 4.69) is 20.5 Å². The van der Waals surface area contributed by atoms with Crippen LogP contribution in [-0.4, -0.2) is 39.8 Å². The molecule has 27 heavy (non-hydrogen) atoms. The maximum Gasteiger partial charge on any atom is 0.207 e. The molecule has 7 heteroatoms. The summed E-state index contributed by atoms with van der Waals surface area (Å²) in [6.45, 7) is 3.05. The van der Waals surface area contributed by atoms with Crippen LogP contribution in [0, 0.1) is 11.3 Å². The number of pyridine rings is 1. The number of halogens is 1. The molecule has 2 aromatic heterocycles. The number of piperidine rings is 1. The molecule has 3 heterocycles. The summed E-state index contributed by atoms with van der Waals surface area (Å²) in [4.78, 5) is 11.3. The van der Waals surface area contributed by atoms with Crippen LogP contribution in [0.2, 0.25) is 0 Å². The molecule has 0 spiro atoms. The zero-order chi connectivity index (χ0) is 19.0. The van der Waals surface area contributed by atoms with Gasteiger partial charge < -0.3 is 15.2 Å². The molecule has 3 aromatic rings. The van der Waals surface area contributed by atoms with E-state index in [4.69, 9.17) is 16.0 Å². The summed E-state index contributed by atoms with van der Waals surface area (Å²) in [6.07, 6.45) is 1.000. The van der Waals surface area contributed by atoms with Crippen molar-refractivity contribution in [2.24, 2.45) is 5.73 Å². The molecule has 0 unspecified atom stereocenters. The maximum absolute atomic E-state index is 13.9. The van der Waals surface area contributed by atoms with Crippen LogP contribution in [0.3, 0.4) is 0 Å². The Balaban J connectivity index is 1.79. The minimum absolute atomic E-state index is 0.0977. The Morgan fingerprint density at radius 1 is 1.30 bits per heavy atom. The number of para-hydroxylation sites is 2. The quantitative estimate of drug-likeness (QED) is 0.773. The van der Waals surface area contributed by atoms with E-state index in [1.165, 1.54) is 0 Å². The van der Waals surface area contributed by atoms with E-state index in [1.54, 1.807) is 12.3 Å². The smallest absolute Gasteiger partial charge is 0.207 e. The van der Waals surface area contributed by atoms with Gasteiger partial charge >= 0.3 is 0 Å². The lowest BCUT2D eigenvalue weighted by Crippen LogP contribution is -2.50. The van der Waals surface area contributed by atoms with E-state index < -0.39 is 12.2 Å². The van der Waals surface area contributed by atoms with Crippen LogP contribution < -0.4 is 10.6 Å². The van der Waals surface area contributed by atoms with Crippen molar-refractivity contribution in [1.29, 1.82) is 5.26 Å². The predicted molar refractivity (Wildman–Crippen MR) is 102 cm³/mol. The number of benzene rings is 1. The van der Waals surface area contributed by atoms with Crippen LogP contribution in [0.15, 0.2) is 42.6 Å². The first kappa shape index (κ1) is 17.4. The minimum atomic E-state index is -0.975. The van der Waals surface area contributed by atoms with Crippen molar-refractivity contribution >= 4 is 17.0 Å². The fourth-order valence-corrected chi connectivity index (χ4v) is 3.62. The summed E-state index contributed by atoms with van der Waals surface area (Å²) < 4.78 is 16.0. The van der Waals surface area contributed by atoms with Crippen molar-refractivity contribution in [3.8, 4) is 6.07 Å². The van der Waals surface area contributed by atoms with E-state index in [0.717, 1.165) is 22.7 Å². The average molecular weight is 364 g/mol. The number of hydrogen-bond donors (Lipinski definition) is 1. The van der Waals surface area contributed by atoms with Crippen LogP contribution in [0.25, 0.3) is 11.0 Å². The van der Waals surface area contributed by atoms with Crippen molar-refractivity contribution in [2.45, 2.75) is 31.6 Å². The van der Waals surface area contributed by atoms with E-state index in [0.29, 0.717) is 25.1 Å². The Morgan fingerprint density at radius 2 is 2.11 bits per heavy atom. The van der Waals surface area contributed by atoms with Gasteiger partial charge in [0.25, 0.3) is 0 Å². The molecule has 1 fully saturated rings. The number of nitriles is 1. The number of aromatic nitrogens is 3. The predicted octanol–water partition coefficient (Wildman–Crippen LogP) is 2.79. The van der Waals surface area contributed by atoms with E-state index in [9.17, 15) is 4.39 Å². The van der Waals surface area contributed by atoms with Gasteiger partial charge in [-0.05, 0) is 37.6 Å². The van der Waals surface area contributed by atoms with Gasteiger partial charge in [0.1, 0.15) is 12.2 Å². The highest BCUT2D eigenvalue weighted by Crippen LogP contribution is 2.31. The van der Waals surface area contributed by atoms with Gasteiger partial charge in [-0.2, -0.15) is 5.26 Å². The SMILES string of the molecule is C[C@H](c1ccc(C#N)cn1)n1c(N2CC[C@@H](F)[C@H](N)C2)nc2ccccc21. The summed E-state index contributed by atoms with van der Waals surface area (Å²) >= 11 is 0. The van der Waals surface area contributed by atoms with Crippen LogP contribution in [0.4, 0.5) is 10.3 Å². The number of anilines is 1. The first-order valence-corrected chi connectivity index (χ1v) is 9.06. The van der Waals surface area contributed by atoms with Crippen LogP contribution >= 0.6 is 0 Å². The monoisotopic (exact) mass is 364 g/mol. The molecule has 1 aromatic carbocycles. The first-order valence-electron chi connectivity index (χ1n) is 9.06. The van der Waals surface area contributed by atoms with Gasteiger partial charge in [-0.3, -0.25) is 4.98 Å². The van der Waals surface area contributed by atoms with E-state index in [1.807, 2.05) is 37.3 Å². The molecule has 1 saturated heterocycles. The summed E-state index contributed by atoms with van der Waals surface area (Å²) in [5.41, 5.74) is 9.20. The molecule has 3 atom stereocenters. The third kappa shape index (κ3) is 3.13. The van der Waals surface area contributed by atoms with Crippen molar-refractivity contribution < 1.29 is 4.39 Å². The zero-order valence-electron chi connectivity index (χ0n) is 15.1. The topological polar surface area (TPSA) is 83.8 Å². The first-order chi connectivity index (χ1) is 13.1. The number of alkyl halides is 1. The molecule has 6 nitrogen and oxygen atoms in total. The van der Waals surface area contributed by atoms with Gasteiger partial charge in [0.15, 0.2) is 0 Å². The Bertz CT molecular complexity index is 990. The fourth-order valence-electron chi connectivity index (χ4n) is 3.62. The second-order valence-electron chi connectivity index (χ2n) is 6.94. The van der Waals surface area contributed by atoms with Gasteiger partial charge in [-0.15, -0.1) is 0 Å². The van der Waals surface area contributed by atoms with Gasteiger partial charge in [-0.1, -0.05) is 12.1 Å². The average Bonchev–Trinajstić information content (AvgIpc) is 3.09. The van der Waals surface area contributed by atoms with Crippen molar-refractivity contribution in [3.63, 3.8) is 0 Å². The van der Waals surface area contributed by atoms with Gasteiger partial charge in [0.05, 0.1) is 34.4 Å². The maximum atomic E-state index is 13.9. The Labute approximate surface area is 157 Å². The fraction of sp³-hybridized carbons (Fsp3) is 0.350. The molecular formula is C20H21FN6. The number of nitrogens with two attached hydrogens (primary N) is 1. The molecule has 4 rings (SSSR count). The number of rotatable bonds is 3. The van der Waals surface area contributed by atoms with E-state index in [-0.39, 0.29) is 6.04 Å². The number of nitrogens with zero attached hydrogens (tertiary/aromatic N) is 5. The lowest BCUT2D eigenvalue weighted by Gasteiger charge is -2.34. The van der Waals surface area contributed by atoms with Crippen LogP contribution in [0.1, 0.15) is 30.6 Å². The molecular weight excluding hydrogens is 343 g/mol. The standard InChI is InChI=1S/C20H21FN6/c1-13(17-7-6-14(10-22)11-24-17)27-19-5-3-2-4-18(19)25-20(27)26-9-8-15(21)16(23)12-26/h2-7,11,13,15-16H,8-9,12,23H2,1H3/t13-,15-,16-/m1/s1. The van der Waals surface area contributed by atoms with Gasteiger partial charge in [0, 0.05) is 19.3 Å². The van der Waals surface area contributed by atoms with Crippen molar-refractivity contribution in [3.05, 3.63) is 53.9 Å². The summed E-state index contributed by atoms with van der Waals surface area (Å²) in [6, 6.07) is 13.0. The molecule has 0 aliphatic carbocycles.